The average Bonchev–Trinajstić information content (AvgIpc) is 2.16. The van der Waals surface area contributed by atoms with Gasteiger partial charge in [0.2, 0.25) is 0 Å². The summed E-state index contributed by atoms with van der Waals surface area (Å²) in [6.45, 7) is 15.3. The van der Waals surface area contributed by atoms with Crippen molar-refractivity contribution >= 4 is 0 Å². The zero-order valence-corrected chi connectivity index (χ0v) is 11.8. The molecule has 0 saturated carbocycles. The summed E-state index contributed by atoms with van der Waals surface area (Å²) in [5, 5.41) is 3.51. The predicted molar refractivity (Wildman–Crippen MR) is 71.7 cm³/mol. The van der Waals surface area contributed by atoms with Crippen LogP contribution in [-0.2, 0) is 0 Å². The Labute approximate surface area is 102 Å². The smallest absolute Gasteiger partial charge is 0.00818 e. The molecular weight excluding hydrogens is 196 g/mol. The summed E-state index contributed by atoms with van der Waals surface area (Å²) < 4.78 is 0. The van der Waals surface area contributed by atoms with Crippen LogP contribution in [-0.4, -0.2) is 36.6 Å². The van der Waals surface area contributed by atoms with Gasteiger partial charge in [-0.1, -0.05) is 20.8 Å². The van der Waals surface area contributed by atoms with Crippen molar-refractivity contribution in [2.24, 2.45) is 11.8 Å². The zero-order valence-electron chi connectivity index (χ0n) is 11.8. The van der Waals surface area contributed by atoms with Crippen molar-refractivity contribution < 1.29 is 0 Å². The highest BCUT2D eigenvalue weighted by atomic mass is 15.2. The van der Waals surface area contributed by atoms with Crippen LogP contribution in [0.4, 0.5) is 0 Å². The largest absolute Gasteiger partial charge is 0.314 e. The van der Waals surface area contributed by atoms with Crippen LogP contribution in [0.2, 0.25) is 0 Å². The summed E-state index contributed by atoms with van der Waals surface area (Å²) in [6.07, 6.45) is 2.68. The fourth-order valence-electron chi connectivity index (χ4n) is 3.16. The van der Waals surface area contributed by atoms with Gasteiger partial charge in [-0.25, -0.2) is 0 Å². The third-order valence-electron chi connectivity index (χ3n) is 3.77. The SMILES string of the molecule is CCNC(C)CC(C)N1CC(C)CC(C)C1. The summed E-state index contributed by atoms with van der Waals surface area (Å²) in [6, 6.07) is 1.37. The monoisotopic (exact) mass is 226 g/mol. The standard InChI is InChI=1S/C14H30N2/c1-6-15-13(4)8-14(5)16-9-11(2)7-12(3)10-16/h11-15H,6-10H2,1-5H3. The van der Waals surface area contributed by atoms with Crippen LogP contribution in [0.5, 0.6) is 0 Å². The maximum Gasteiger partial charge on any atom is 0.00818 e. The van der Waals surface area contributed by atoms with Gasteiger partial charge >= 0.3 is 0 Å². The van der Waals surface area contributed by atoms with Crippen molar-refractivity contribution in [1.29, 1.82) is 0 Å². The number of nitrogens with zero attached hydrogens (tertiary/aromatic N) is 1. The first-order chi connectivity index (χ1) is 7.52. The Balaban J connectivity index is 2.37. The van der Waals surface area contributed by atoms with E-state index in [4.69, 9.17) is 0 Å². The van der Waals surface area contributed by atoms with E-state index in [0.29, 0.717) is 6.04 Å². The molecule has 4 unspecified atom stereocenters. The molecule has 1 saturated heterocycles. The molecule has 0 aromatic rings. The van der Waals surface area contributed by atoms with Crippen LogP contribution in [0.1, 0.15) is 47.5 Å². The van der Waals surface area contributed by atoms with Gasteiger partial charge in [0, 0.05) is 25.2 Å². The molecule has 1 fully saturated rings. The first-order valence-electron chi connectivity index (χ1n) is 7.00. The van der Waals surface area contributed by atoms with Crippen LogP contribution in [0.25, 0.3) is 0 Å². The molecule has 2 nitrogen and oxygen atoms in total. The number of nitrogens with one attached hydrogen (secondary N) is 1. The Morgan fingerprint density at radius 2 is 1.75 bits per heavy atom. The van der Waals surface area contributed by atoms with Crippen LogP contribution in [0.15, 0.2) is 0 Å². The first kappa shape index (κ1) is 14.0. The second kappa shape index (κ2) is 6.61. The zero-order chi connectivity index (χ0) is 12.1. The van der Waals surface area contributed by atoms with Crippen LogP contribution >= 0.6 is 0 Å². The number of hydrogen-bond acceptors (Lipinski definition) is 2. The second-order valence-electron chi connectivity index (χ2n) is 5.94. The highest BCUT2D eigenvalue weighted by molar-refractivity contribution is 4.80. The Morgan fingerprint density at radius 3 is 2.25 bits per heavy atom. The summed E-state index contributed by atoms with van der Waals surface area (Å²) in [5.74, 6) is 1.75. The van der Waals surface area contributed by atoms with E-state index in [2.05, 4.69) is 44.8 Å². The Morgan fingerprint density at radius 1 is 1.19 bits per heavy atom. The van der Waals surface area contributed by atoms with Gasteiger partial charge in [-0.2, -0.15) is 0 Å². The molecule has 2 heteroatoms. The Kier molecular flexibility index (Phi) is 5.77. The van der Waals surface area contributed by atoms with Gasteiger partial charge in [-0.05, 0) is 45.1 Å². The summed E-state index contributed by atoms with van der Waals surface area (Å²) >= 11 is 0. The molecule has 4 atom stereocenters. The van der Waals surface area contributed by atoms with Gasteiger partial charge in [0.25, 0.3) is 0 Å². The summed E-state index contributed by atoms with van der Waals surface area (Å²) in [7, 11) is 0. The molecule has 0 aliphatic carbocycles. The third kappa shape index (κ3) is 4.42. The van der Waals surface area contributed by atoms with Gasteiger partial charge in [-0.3, -0.25) is 0 Å². The van der Waals surface area contributed by atoms with Gasteiger partial charge < -0.3 is 10.2 Å². The fourth-order valence-corrected chi connectivity index (χ4v) is 3.16. The number of piperidine rings is 1. The molecular formula is C14H30N2. The quantitative estimate of drug-likeness (QED) is 0.775. The van der Waals surface area contributed by atoms with Gasteiger partial charge in [0.1, 0.15) is 0 Å². The van der Waals surface area contributed by atoms with Gasteiger partial charge in [0.05, 0.1) is 0 Å². The minimum Gasteiger partial charge on any atom is -0.314 e. The summed E-state index contributed by atoms with van der Waals surface area (Å²) in [5.41, 5.74) is 0. The third-order valence-corrected chi connectivity index (χ3v) is 3.77. The minimum absolute atomic E-state index is 0.646. The molecule has 0 amide bonds. The first-order valence-corrected chi connectivity index (χ1v) is 7.00. The van der Waals surface area contributed by atoms with E-state index in [1.54, 1.807) is 0 Å². The molecule has 0 bridgehead atoms. The highest BCUT2D eigenvalue weighted by Crippen LogP contribution is 2.23. The van der Waals surface area contributed by atoms with Crippen molar-refractivity contribution in [1.82, 2.24) is 10.2 Å². The molecule has 1 aliphatic rings. The number of likely N-dealkylation sites (tertiary alicyclic amines) is 1. The molecule has 96 valence electrons. The fraction of sp³-hybridized carbons (Fsp3) is 1.00. The second-order valence-corrected chi connectivity index (χ2v) is 5.94. The summed E-state index contributed by atoms with van der Waals surface area (Å²) in [4.78, 5) is 2.69. The van der Waals surface area contributed by atoms with Crippen LogP contribution in [0.3, 0.4) is 0 Å². The van der Waals surface area contributed by atoms with Crippen molar-refractivity contribution in [3.8, 4) is 0 Å². The van der Waals surface area contributed by atoms with E-state index in [9.17, 15) is 0 Å². The average molecular weight is 226 g/mol. The van der Waals surface area contributed by atoms with E-state index in [0.717, 1.165) is 24.4 Å². The van der Waals surface area contributed by atoms with Crippen molar-refractivity contribution in [3.05, 3.63) is 0 Å². The maximum absolute atomic E-state index is 3.51. The van der Waals surface area contributed by atoms with Crippen LogP contribution in [0, 0.1) is 11.8 Å². The molecule has 1 heterocycles. The lowest BCUT2D eigenvalue weighted by atomic mass is 9.90. The lowest BCUT2D eigenvalue weighted by molar-refractivity contribution is 0.0943. The van der Waals surface area contributed by atoms with E-state index < -0.39 is 0 Å². The Bertz CT molecular complexity index is 183. The molecule has 0 aromatic carbocycles. The lowest BCUT2D eigenvalue weighted by Crippen LogP contribution is -2.46. The molecule has 1 rings (SSSR count). The van der Waals surface area contributed by atoms with Gasteiger partial charge in [0.15, 0.2) is 0 Å². The number of rotatable bonds is 5. The van der Waals surface area contributed by atoms with Crippen LogP contribution < -0.4 is 5.32 Å². The number of hydrogen-bond donors (Lipinski definition) is 1. The van der Waals surface area contributed by atoms with E-state index in [-0.39, 0.29) is 0 Å². The van der Waals surface area contributed by atoms with Gasteiger partial charge in [-0.15, -0.1) is 0 Å². The molecule has 1 N–H and O–H groups in total. The molecule has 0 radical (unpaired) electrons. The Hall–Kier alpha value is -0.0800. The van der Waals surface area contributed by atoms with Crippen molar-refractivity contribution in [2.75, 3.05) is 19.6 Å². The van der Waals surface area contributed by atoms with E-state index >= 15 is 0 Å². The molecule has 0 spiro atoms. The molecule has 0 aromatic heterocycles. The predicted octanol–water partition coefficient (Wildman–Crippen LogP) is 2.74. The van der Waals surface area contributed by atoms with E-state index in [1.165, 1.54) is 25.9 Å². The van der Waals surface area contributed by atoms with E-state index in [1.807, 2.05) is 0 Å². The normalized spacial score (nSPS) is 31.3. The minimum atomic E-state index is 0.646. The maximum atomic E-state index is 3.51. The lowest BCUT2D eigenvalue weighted by Gasteiger charge is -2.39. The van der Waals surface area contributed by atoms with Crippen molar-refractivity contribution in [2.45, 2.75) is 59.5 Å². The molecule has 1 aliphatic heterocycles. The topological polar surface area (TPSA) is 15.3 Å². The molecule has 16 heavy (non-hydrogen) atoms. The van der Waals surface area contributed by atoms with Crippen molar-refractivity contribution in [3.63, 3.8) is 0 Å². The highest BCUT2D eigenvalue weighted by Gasteiger charge is 2.25.